The highest BCUT2D eigenvalue weighted by Crippen LogP contribution is 2.29. The highest BCUT2D eigenvalue weighted by atomic mass is 35.5. The van der Waals surface area contributed by atoms with Gasteiger partial charge in [0.05, 0.1) is 23.4 Å². The summed E-state index contributed by atoms with van der Waals surface area (Å²) in [6.45, 7) is 3.10. The number of methoxy groups -OCH3 is 1. The Hall–Kier alpha value is -1.95. The Balaban J connectivity index is 3.15. The van der Waals surface area contributed by atoms with Gasteiger partial charge in [-0.15, -0.1) is 0 Å². The second kappa shape index (κ2) is 6.00. The van der Waals surface area contributed by atoms with Crippen molar-refractivity contribution in [1.82, 2.24) is 5.32 Å². The van der Waals surface area contributed by atoms with Gasteiger partial charge in [-0.3, -0.25) is 4.79 Å². The maximum absolute atomic E-state index is 12.2. The molecular weight excluding hydrogens is 284 g/mol. The molecule has 1 amide bonds. The summed E-state index contributed by atoms with van der Waals surface area (Å²) in [6.07, 6.45) is 0.235. The molecule has 1 atom stereocenters. The SMILES string of the molecule is CC[C@@](C)(NC(=O)c1cc(Cl)c(N)cc1OC)C(=O)O. The predicted octanol–water partition coefficient (Wildman–Crippen LogP) is 1.91. The molecule has 1 rings (SSSR count). The number of benzene rings is 1. The maximum Gasteiger partial charge on any atom is 0.329 e. The van der Waals surface area contributed by atoms with Gasteiger partial charge in [0.1, 0.15) is 11.3 Å². The number of ether oxygens (including phenoxy) is 1. The first-order valence-corrected chi connectivity index (χ1v) is 6.32. The predicted molar refractivity (Wildman–Crippen MR) is 76.2 cm³/mol. The van der Waals surface area contributed by atoms with E-state index in [1.165, 1.54) is 26.2 Å². The number of nitrogen functional groups attached to an aromatic ring is 1. The molecule has 20 heavy (non-hydrogen) atoms. The number of carbonyl (C=O) groups excluding carboxylic acids is 1. The van der Waals surface area contributed by atoms with Gasteiger partial charge in [-0.1, -0.05) is 18.5 Å². The fourth-order valence-corrected chi connectivity index (χ4v) is 1.69. The van der Waals surface area contributed by atoms with Crippen molar-refractivity contribution in [3.8, 4) is 5.75 Å². The number of anilines is 1. The van der Waals surface area contributed by atoms with Gasteiger partial charge < -0.3 is 20.9 Å². The summed E-state index contributed by atoms with van der Waals surface area (Å²) in [5.74, 6) is -1.47. The molecule has 0 saturated carbocycles. The molecule has 0 saturated heterocycles. The Kier molecular flexibility index (Phi) is 4.83. The first-order valence-electron chi connectivity index (χ1n) is 5.94. The fraction of sp³-hybridized carbons (Fsp3) is 0.385. The average Bonchev–Trinajstić information content (AvgIpc) is 2.40. The molecule has 110 valence electrons. The highest BCUT2D eigenvalue weighted by molar-refractivity contribution is 6.33. The lowest BCUT2D eigenvalue weighted by Crippen LogP contribution is -2.51. The molecule has 1 aromatic carbocycles. The summed E-state index contributed by atoms with van der Waals surface area (Å²) >= 11 is 5.88. The van der Waals surface area contributed by atoms with E-state index in [0.717, 1.165) is 0 Å². The average molecular weight is 301 g/mol. The third kappa shape index (κ3) is 3.14. The van der Waals surface area contributed by atoms with Crippen LogP contribution in [0.2, 0.25) is 5.02 Å². The van der Waals surface area contributed by atoms with Gasteiger partial charge in [0, 0.05) is 6.07 Å². The molecule has 0 bridgehead atoms. The Bertz CT molecular complexity index is 547. The number of hydrogen-bond acceptors (Lipinski definition) is 4. The molecule has 7 heteroatoms. The van der Waals surface area contributed by atoms with Crippen LogP contribution in [0.3, 0.4) is 0 Å². The van der Waals surface area contributed by atoms with Gasteiger partial charge in [-0.25, -0.2) is 4.79 Å². The number of carboxylic acid groups (broad SMARTS) is 1. The second-order valence-electron chi connectivity index (χ2n) is 4.52. The van der Waals surface area contributed by atoms with Gasteiger partial charge in [-0.2, -0.15) is 0 Å². The molecule has 0 fully saturated rings. The molecule has 0 aliphatic rings. The zero-order valence-electron chi connectivity index (χ0n) is 11.5. The minimum atomic E-state index is -1.37. The van der Waals surface area contributed by atoms with Crippen LogP contribution in [0.15, 0.2) is 12.1 Å². The minimum absolute atomic E-state index is 0.132. The van der Waals surface area contributed by atoms with Crippen LogP contribution < -0.4 is 15.8 Å². The third-order valence-electron chi connectivity index (χ3n) is 3.13. The molecule has 0 aliphatic carbocycles. The van der Waals surface area contributed by atoms with Crippen LogP contribution in [0.1, 0.15) is 30.6 Å². The topological polar surface area (TPSA) is 102 Å². The molecule has 0 heterocycles. The summed E-state index contributed by atoms with van der Waals surface area (Å²) in [5, 5.41) is 11.8. The summed E-state index contributed by atoms with van der Waals surface area (Å²) in [6, 6.07) is 2.77. The summed E-state index contributed by atoms with van der Waals surface area (Å²) in [5.41, 5.74) is 4.67. The fourth-order valence-electron chi connectivity index (χ4n) is 1.53. The number of amides is 1. The van der Waals surface area contributed by atoms with Crippen LogP contribution in [0.25, 0.3) is 0 Å². The van der Waals surface area contributed by atoms with Crippen molar-refractivity contribution in [2.24, 2.45) is 0 Å². The summed E-state index contributed by atoms with van der Waals surface area (Å²) in [4.78, 5) is 23.4. The van der Waals surface area contributed by atoms with Crippen LogP contribution in [0.5, 0.6) is 5.75 Å². The number of hydrogen-bond donors (Lipinski definition) is 3. The number of rotatable bonds is 5. The Morgan fingerprint density at radius 1 is 1.50 bits per heavy atom. The van der Waals surface area contributed by atoms with E-state index in [4.69, 9.17) is 27.2 Å². The second-order valence-corrected chi connectivity index (χ2v) is 4.93. The van der Waals surface area contributed by atoms with E-state index < -0.39 is 17.4 Å². The van der Waals surface area contributed by atoms with Crippen molar-refractivity contribution >= 4 is 29.2 Å². The van der Waals surface area contributed by atoms with E-state index in [1.807, 2.05) is 0 Å². The maximum atomic E-state index is 12.2. The van der Waals surface area contributed by atoms with E-state index in [-0.39, 0.29) is 28.4 Å². The van der Waals surface area contributed by atoms with Gasteiger partial charge >= 0.3 is 5.97 Å². The number of carbonyl (C=O) groups is 2. The summed E-state index contributed by atoms with van der Waals surface area (Å²) < 4.78 is 5.06. The molecule has 0 aromatic heterocycles. The molecular formula is C13H17ClN2O4. The lowest BCUT2D eigenvalue weighted by atomic mass is 9.98. The van der Waals surface area contributed by atoms with E-state index >= 15 is 0 Å². The van der Waals surface area contributed by atoms with E-state index in [0.29, 0.717) is 0 Å². The van der Waals surface area contributed by atoms with Gasteiger partial charge in [-0.05, 0) is 19.4 Å². The first kappa shape index (κ1) is 16.1. The number of nitrogens with two attached hydrogens (primary N) is 1. The van der Waals surface area contributed by atoms with Gasteiger partial charge in [0.25, 0.3) is 5.91 Å². The Labute approximate surface area is 121 Å². The standard InChI is InChI=1S/C13H17ClN2O4/c1-4-13(2,12(18)19)16-11(17)7-5-8(14)9(15)6-10(7)20-3/h5-6H,4,15H2,1-3H3,(H,16,17)(H,18,19)/t13-/m1/s1. The van der Waals surface area contributed by atoms with E-state index in [1.54, 1.807) is 6.92 Å². The van der Waals surface area contributed by atoms with Gasteiger partial charge in [0.2, 0.25) is 0 Å². The quantitative estimate of drug-likeness (QED) is 0.721. The zero-order chi connectivity index (χ0) is 15.5. The smallest absolute Gasteiger partial charge is 0.329 e. The van der Waals surface area contributed by atoms with Crippen molar-refractivity contribution < 1.29 is 19.4 Å². The number of nitrogens with one attached hydrogen (secondary N) is 1. The van der Waals surface area contributed by atoms with Crippen LogP contribution in [-0.4, -0.2) is 29.6 Å². The van der Waals surface area contributed by atoms with Crippen LogP contribution in [0.4, 0.5) is 5.69 Å². The van der Waals surface area contributed by atoms with Crippen molar-refractivity contribution in [3.63, 3.8) is 0 Å². The number of halogens is 1. The molecule has 0 unspecified atom stereocenters. The molecule has 6 nitrogen and oxygen atoms in total. The van der Waals surface area contributed by atoms with Crippen LogP contribution >= 0.6 is 11.6 Å². The van der Waals surface area contributed by atoms with E-state index in [9.17, 15) is 9.59 Å². The Morgan fingerprint density at radius 3 is 2.55 bits per heavy atom. The number of aliphatic carboxylic acids is 1. The molecule has 0 aliphatic heterocycles. The van der Waals surface area contributed by atoms with Crippen molar-refractivity contribution in [2.45, 2.75) is 25.8 Å². The lowest BCUT2D eigenvalue weighted by molar-refractivity contribution is -0.143. The molecule has 1 aromatic rings. The van der Waals surface area contributed by atoms with Gasteiger partial charge in [0.15, 0.2) is 0 Å². The van der Waals surface area contributed by atoms with Crippen molar-refractivity contribution in [1.29, 1.82) is 0 Å². The highest BCUT2D eigenvalue weighted by Gasteiger charge is 2.33. The summed E-state index contributed by atoms with van der Waals surface area (Å²) in [7, 11) is 1.38. The largest absolute Gasteiger partial charge is 0.496 e. The van der Waals surface area contributed by atoms with Crippen LogP contribution in [-0.2, 0) is 4.79 Å². The Morgan fingerprint density at radius 2 is 2.10 bits per heavy atom. The minimum Gasteiger partial charge on any atom is -0.496 e. The third-order valence-corrected chi connectivity index (χ3v) is 3.46. The van der Waals surface area contributed by atoms with Crippen molar-refractivity contribution in [3.05, 3.63) is 22.7 Å². The molecule has 0 spiro atoms. The lowest BCUT2D eigenvalue weighted by Gasteiger charge is -2.25. The van der Waals surface area contributed by atoms with E-state index in [2.05, 4.69) is 5.32 Å². The zero-order valence-corrected chi connectivity index (χ0v) is 12.2. The normalized spacial score (nSPS) is 13.4. The number of carboxylic acids is 1. The molecule has 0 radical (unpaired) electrons. The van der Waals surface area contributed by atoms with Crippen LogP contribution in [0, 0.1) is 0 Å². The van der Waals surface area contributed by atoms with Crippen molar-refractivity contribution in [2.75, 3.05) is 12.8 Å². The monoisotopic (exact) mass is 300 g/mol. The molecule has 4 N–H and O–H groups in total. The first-order chi connectivity index (χ1) is 9.25.